The van der Waals surface area contributed by atoms with Gasteiger partial charge >= 0.3 is 46.1 Å². The van der Waals surface area contributed by atoms with Crippen LogP contribution in [0.2, 0.25) is 0 Å². The van der Waals surface area contributed by atoms with E-state index in [0.717, 1.165) is 22.3 Å². The molecule has 0 amide bonds. The number of aromatic hydroxyl groups is 4. The number of halogens is 4. The van der Waals surface area contributed by atoms with Crippen molar-refractivity contribution in [2.24, 2.45) is 46.3 Å². The number of hydrogen-bond acceptors (Lipinski definition) is 24. The fourth-order valence-corrected chi connectivity index (χ4v) is 12.2. The van der Waals surface area contributed by atoms with Gasteiger partial charge in [-0.25, -0.2) is 19.2 Å². The van der Waals surface area contributed by atoms with E-state index in [-0.39, 0.29) is 162 Å². The topological polar surface area (TPSA) is 432 Å². The first-order valence-corrected chi connectivity index (χ1v) is 34.7. The zero-order valence-corrected chi connectivity index (χ0v) is 66.4. The van der Waals surface area contributed by atoms with Gasteiger partial charge in [-0.05, 0) is 128 Å². The summed E-state index contributed by atoms with van der Waals surface area (Å²) in [6.45, 7) is 9.68. The van der Waals surface area contributed by atoms with Gasteiger partial charge in [0, 0.05) is 46.5 Å². The Bertz CT molecular complexity index is 5460. The molecule has 4 aromatic carbocycles. The van der Waals surface area contributed by atoms with Crippen LogP contribution in [0.15, 0.2) is 255 Å². The third-order valence-electron chi connectivity index (χ3n) is 17.9. The molecule has 0 saturated carbocycles. The lowest BCUT2D eigenvalue weighted by atomic mass is 9.91. The summed E-state index contributed by atoms with van der Waals surface area (Å²) in [6, 6.07) is 37.1. The van der Waals surface area contributed by atoms with Crippen LogP contribution in [-0.4, -0.2) is 90.7 Å². The van der Waals surface area contributed by atoms with Crippen LogP contribution >= 0.6 is 0 Å². The molecule has 0 fully saturated rings. The number of carbonyl (C=O) groups excluding carboxylic acids is 4. The normalized spacial score (nSPS) is 11.6. The molecule has 0 aliphatic carbocycles. The Labute approximate surface area is 689 Å². The molecule has 0 saturated heterocycles. The lowest BCUT2D eigenvalue weighted by molar-refractivity contribution is -0.597. The quantitative estimate of drug-likeness (QED) is 0.0174. The first-order chi connectivity index (χ1) is 54.3. The average Bonchev–Trinajstić information content (AvgIpc) is 0.794. The maximum Gasteiger partial charge on any atom is 0.340 e. The van der Waals surface area contributed by atoms with Gasteiger partial charge in [0.25, 0.3) is 22.7 Å². The number of rotatable bonds is 24. The number of pyridine rings is 8. The van der Waals surface area contributed by atoms with Gasteiger partial charge < -0.3 is 89.0 Å². The van der Waals surface area contributed by atoms with Crippen molar-refractivity contribution in [1.82, 2.24) is 19.9 Å². The average molecular weight is 1670 g/mol. The van der Waals surface area contributed by atoms with E-state index in [0.29, 0.717) is 0 Å². The molecule has 0 spiro atoms. The summed E-state index contributed by atoms with van der Waals surface area (Å²) in [4.78, 5) is 123. The summed E-state index contributed by atoms with van der Waals surface area (Å²) in [5.74, 6) is -7.09. The predicted molar refractivity (Wildman–Crippen MR) is 405 cm³/mol. The molecule has 36 heteroatoms. The second-order valence-corrected chi connectivity index (χ2v) is 26.3. The van der Waals surface area contributed by atoms with Crippen LogP contribution in [-0.2, 0) is 18.9 Å². The van der Waals surface area contributed by atoms with E-state index in [1.54, 1.807) is 120 Å². The summed E-state index contributed by atoms with van der Waals surface area (Å²) in [5.41, 5.74) is -2.51. The molecule has 8 heterocycles. The van der Waals surface area contributed by atoms with Crippen molar-refractivity contribution >= 4 is 69.4 Å². The number of aryl methyl sites for hydroxylation is 4. The molecule has 0 aliphatic rings. The summed E-state index contributed by atoms with van der Waals surface area (Å²) < 4.78 is 30.8. The Morgan fingerprint density at radius 1 is 0.308 bits per heavy atom. The second kappa shape index (κ2) is 38.6. The van der Waals surface area contributed by atoms with E-state index in [2.05, 4.69) is 60.8 Å². The van der Waals surface area contributed by atoms with Crippen molar-refractivity contribution in [3.63, 3.8) is 0 Å². The van der Waals surface area contributed by atoms with E-state index >= 15 is 0 Å². The van der Waals surface area contributed by atoms with Crippen LogP contribution in [0.25, 0.3) is 22.7 Å². The maximum absolute atomic E-state index is 15.0. The van der Waals surface area contributed by atoms with Crippen molar-refractivity contribution in [2.75, 3.05) is 26.4 Å². The van der Waals surface area contributed by atoms with Crippen LogP contribution < -0.4 is 90.1 Å². The lowest BCUT2D eigenvalue weighted by Gasteiger charge is -2.31. The first-order valence-electron chi connectivity index (χ1n) is 34.7. The van der Waals surface area contributed by atoms with Crippen molar-refractivity contribution in [2.45, 2.75) is 55.4 Å². The number of ether oxygens (including phenoxy) is 4. The molecule has 8 aromatic heterocycles. The van der Waals surface area contributed by atoms with Crippen molar-refractivity contribution in [3.05, 3.63) is 303 Å². The molecule has 12 rings (SSSR count). The minimum absolute atomic E-state index is 0. The summed E-state index contributed by atoms with van der Waals surface area (Å²) >= 11 is 0. The Balaban J connectivity index is 0.00000427. The number of azo groups is 4. The van der Waals surface area contributed by atoms with Gasteiger partial charge in [0.2, 0.25) is 23.5 Å². The molecule has 8 N–H and O–H groups in total. The lowest BCUT2D eigenvalue weighted by Crippen LogP contribution is -3.00. The molecule has 0 unspecified atom stereocenters. The largest absolute Gasteiger partial charge is 1.00 e. The van der Waals surface area contributed by atoms with Crippen LogP contribution in [0.4, 0.5) is 45.5 Å². The summed E-state index contributed by atoms with van der Waals surface area (Å²) in [5, 5.41) is 79.0. The molecule has 0 radical (unpaired) electrons. The van der Waals surface area contributed by atoms with Crippen molar-refractivity contribution in [3.8, 4) is 46.3 Å². The highest BCUT2D eigenvalue weighted by Gasteiger charge is 2.40. The smallest absolute Gasteiger partial charge is 0.340 e. The van der Waals surface area contributed by atoms with Gasteiger partial charge in [-0.2, -0.15) is 18.3 Å². The van der Waals surface area contributed by atoms with Gasteiger partial charge in [-0.15, -0.1) is 40.9 Å². The van der Waals surface area contributed by atoms with Crippen LogP contribution in [0.5, 0.6) is 23.5 Å². The van der Waals surface area contributed by atoms with Crippen LogP contribution in [0.1, 0.15) is 85.9 Å². The highest BCUT2D eigenvalue weighted by molar-refractivity contribution is 5.97. The molecule has 117 heavy (non-hydrogen) atoms. The van der Waals surface area contributed by atoms with Gasteiger partial charge in [-0.3, -0.25) is 39.1 Å². The maximum atomic E-state index is 15.0. The number of nitrogens with one attached hydrogen (secondary N) is 4. The number of esters is 4. The van der Waals surface area contributed by atoms with E-state index in [1.807, 2.05) is 52.0 Å². The number of aromatic nitrogens is 8. The van der Waals surface area contributed by atoms with Gasteiger partial charge in [0.05, 0.1) is 44.5 Å². The summed E-state index contributed by atoms with van der Waals surface area (Å²) in [7, 11) is 0. The van der Waals surface area contributed by atoms with Gasteiger partial charge in [0.15, 0.2) is 72.3 Å². The monoisotopic (exact) mass is 1660 g/mol. The van der Waals surface area contributed by atoms with E-state index in [1.165, 1.54) is 97.1 Å². The van der Waals surface area contributed by atoms with Gasteiger partial charge in [-0.1, -0.05) is 48.5 Å². The Kier molecular flexibility index (Phi) is 29.2. The highest BCUT2D eigenvalue weighted by atomic mass is 35.5. The van der Waals surface area contributed by atoms with Crippen molar-refractivity contribution in [1.29, 1.82) is 0 Å². The van der Waals surface area contributed by atoms with E-state index in [4.69, 9.17) is 18.9 Å². The molecule has 0 atom stereocenters. The highest BCUT2D eigenvalue weighted by Crippen LogP contribution is 2.38. The number of H-pyrrole nitrogens is 4. The van der Waals surface area contributed by atoms with E-state index < -0.39 is 101 Å². The zero-order chi connectivity index (χ0) is 80.4. The molecular formula is C81H72Cl4N16O16. The molecular weight excluding hydrogens is 1590 g/mol. The van der Waals surface area contributed by atoms with Gasteiger partial charge in [0.1, 0.15) is 54.6 Å². The fraction of sp³-hybridized carbons (Fsp3) is 0.160. The van der Waals surface area contributed by atoms with E-state index in [9.17, 15) is 58.8 Å². The summed E-state index contributed by atoms with van der Waals surface area (Å²) in [6.07, 6.45) is 13.3. The number of nitrogens with zero attached hydrogens (tertiary/aromatic N) is 12. The standard InChI is InChI=1S/C81H68N16O16.4ClH/c1-45-21-17-33-94(37-45)65-49(5)61(69(98)82-73(65)102)90-86-57-29-13-9-25-53(57)77(106)110-41-81(42-111-78(107)54-26-10-14-30-58(54)87-91-62-50(6)66(74(103)83-70(62)99)95-34-18-22-46(2)38-95,43-112-79(108)55-27-11-15-31-59(55)88-92-63-51(7)67(75(104)84-71(63)100)96-35-19-23-47(3)39-96)44-113-80(109)56-28-12-16-32-60(56)89-93-64-52(8)68(76(105)85-72(64)101)97-36-20-24-48(4)40-97;;;;/h9-40H,41-44H2,1-8H3,(H4-4,82,83,84,85,86,87,88,89,98,99,100,101,102,103,104,105,106,107,108,109);4*1H. The fourth-order valence-electron chi connectivity index (χ4n) is 12.2. The Morgan fingerprint density at radius 2 is 0.504 bits per heavy atom. The molecule has 12 aromatic rings. The second-order valence-electron chi connectivity index (χ2n) is 26.3. The number of carbonyl (C=O) groups is 4. The van der Waals surface area contributed by atoms with Crippen LogP contribution in [0.3, 0.4) is 0 Å². The van der Waals surface area contributed by atoms with Crippen molar-refractivity contribution < 1.29 is 126 Å². The Hall–Kier alpha value is -14.1. The third kappa shape index (κ3) is 19.9. The number of benzene rings is 4. The number of hydrogen-bond donors (Lipinski definition) is 8. The molecule has 600 valence electrons. The predicted octanol–water partition coefficient (Wildman–Crippen LogP) is 0.228. The Morgan fingerprint density at radius 3 is 0.701 bits per heavy atom. The minimum atomic E-state index is -2.19. The third-order valence-corrected chi connectivity index (χ3v) is 17.9. The van der Waals surface area contributed by atoms with Crippen LogP contribution in [0, 0.1) is 60.8 Å². The minimum Gasteiger partial charge on any atom is -1.00 e. The first kappa shape index (κ1) is 88.5. The molecule has 0 bridgehead atoms. The zero-order valence-electron chi connectivity index (χ0n) is 63.4. The molecule has 0 aliphatic heterocycles. The molecule has 32 nitrogen and oxygen atoms in total. The SMILES string of the molecule is Cc1ccc[n+](-c2c(C)c(N=Nc3ccccc3C(=O)OCC(COC(=O)c3ccccc3N=Nc3c(O)[nH]c(=O)c(-[n+]4cccc(C)c4)c3C)(COC(=O)c3ccccc3N=Nc3c(O)[nH]c(=O)c(-[n+]4cccc(C)c4)c3C)COC(=O)c3ccccc3N=Nc3c(O)[nH]c(=O)c(-[n+]4cccc(C)c4)c3C)c(O)[nH]c2=O)c1.[Cl-].[Cl-].[Cl-].[Cl-]. The number of aromatic amines is 4.